The first-order valence-corrected chi connectivity index (χ1v) is 14.5. The van der Waals surface area contributed by atoms with E-state index in [1.54, 1.807) is 17.9 Å². The van der Waals surface area contributed by atoms with Gasteiger partial charge in [0.15, 0.2) is 0 Å². The molecule has 0 unspecified atom stereocenters. The van der Waals surface area contributed by atoms with E-state index in [0.717, 1.165) is 23.2 Å². The molecule has 0 radical (unpaired) electrons. The third kappa shape index (κ3) is 4.21. The number of fused-ring (bicyclic) bond motifs is 2. The van der Waals surface area contributed by atoms with Crippen LogP contribution in [-0.2, 0) is 32.5 Å². The predicted octanol–water partition coefficient (Wildman–Crippen LogP) is 4.13. The zero-order chi connectivity index (χ0) is 24.9. The molecule has 0 aliphatic carbocycles. The fourth-order valence-electron chi connectivity index (χ4n) is 5.71. The van der Waals surface area contributed by atoms with Crippen LogP contribution < -0.4 is 9.80 Å². The molecule has 1 fully saturated rings. The summed E-state index contributed by atoms with van der Waals surface area (Å²) in [7, 11) is -3.91. The number of para-hydroxylation sites is 1. The van der Waals surface area contributed by atoms with Crippen molar-refractivity contribution in [2.75, 3.05) is 29.4 Å². The van der Waals surface area contributed by atoms with Gasteiger partial charge in [-0.05, 0) is 61.9 Å². The maximum absolute atomic E-state index is 14.0. The third-order valence-corrected chi connectivity index (χ3v) is 9.73. The van der Waals surface area contributed by atoms with E-state index in [9.17, 15) is 18.0 Å². The van der Waals surface area contributed by atoms with E-state index >= 15 is 0 Å². The van der Waals surface area contributed by atoms with Crippen molar-refractivity contribution in [2.24, 2.45) is 5.92 Å². The Morgan fingerprint density at radius 3 is 2.66 bits per heavy atom. The number of anilines is 2. The highest BCUT2D eigenvalue weighted by Crippen LogP contribution is 2.40. The van der Waals surface area contributed by atoms with Gasteiger partial charge >= 0.3 is 0 Å². The fraction of sp³-hybridized carbons (Fsp3) is 0.462. The predicted molar refractivity (Wildman–Crippen MR) is 139 cm³/mol. The summed E-state index contributed by atoms with van der Waals surface area (Å²) in [6.07, 6.45) is 3.02. The summed E-state index contributed by atoms with van der Waals surface area (Å²) >= 11 is 3.46. The van der Waals surface area contributed by atoms with Gasteiger partial charge in [-0.1, -0.05) is 41.1 Å². The highest BCUT2D eigenvalue weighted by molar-refractivity contribution is 9.10. The van der Waals surface area contributed by atoms with E-state index in [1.165, 1.54) is 4.31 Å². The van der Waals surface area contributed by atoms with Gasteiger partial charge in [0.2, 0.25) is 21.8 Å². The molecule has 0 bridgehead atoms. The average Bonchev–Trinajstić information content (AvgIpc) is 3.42. The number of nitrogens with zero attached hydrogens (tertiary/aromatic N) is 3. The van der Waals surface area contributed by atoms with Gasteiger partial charge < -0.3 is 9.80 Å². The monoisotopic (exact) mass is 559 g/mol. The number of carbonyl (C=O) groups excluding carboxylic acids is 2. The lowest BCUT2D eigenvalue weighted by Gasteiger charge is -2.35. The van der Waals surface area contributed by atoms with Crippen molar-refractivity contribution >= 4 is 49.1 Å². The molecule has 7 nitrogen and oxygen atoms in total. The molecule has 0 N–H and O–H groups in total. The number of hydrogen-bond acceptors (Lipinski definition) is 4. The average molecular weight is 561 g/mol. The van der Waals surface area contributed by atoms with Gasteiger partial charge in [-0.2, -0.15) is 4.31 Å². The third-order valence-electron chi connectivity index (χ3n) is 7.39. The molecule has 3 aliphatic rings. The maximum atomic E-state index is 14.0. The largest absolute Gasteiger partial charge is 0.310 e. The molecular weight excluding hydrogens is 530 g/mol. The van der Waals surface area contributed by atoms with Gasteiger partial charge in [-0.25, -0.2) is 8.42 Å². The van der Waals surface area contributed by atoms with Crippen LogP contribution in [0.3, 0.4) is 0 Å². The minimum absolute atomic E-state index is 0.00962. The molecule has 2 aromatic rings. The van der Waals surface area contributed by atoms with Crippen molar-refractivity contribution in [3.63, 3.8) is 0 Å². The van der Waals surface area contributed by atoms with Crippen molar-refractivity contribution in [1.29, 1.82) is 0 Å². The highest BCUT2D eigenvalue weighted by Gasteiger charge is 2.41. The SMILES string of the molecule is CCC(=O)N1CCc2cc(Br)cc(S(=O)(=O)N3CCC[C@H](C(=O)N4c5ccccc5C[C@@H]4C)C3)c21. The van der Waals surface area contributed by atoms with Crippen LogP contribution in [0.25, 0.3) is 0 Å². The molecule has 2 aromatic carbocycles. The molecule has 2 amide bonds. The summed E-state index contributed by atoms with van der Waals surface area (Å²) in [6, 6.07) is 11.5. The molecule has 35 heavy (non-hydrogen) atoms. The second-order valence-corrected chi connectivity index (χ2v) is 12.5. The van der Waals surface area contributed by atoms with E-state index in [2.05, 4.69) is 15.9 Å². The smallest absolute Gasteiger partial charge is 0.245 e. The Balaban J connectivity index is 1.45. The van der Waals surface area contributed by atoms with Gasteiger partial charge in [0.05, 0.1) is 11.6 Å². The molecular formula is C26H30BrN3O4S. The van der Waals surface area contributed by atoms with E-state index in [4.69, 9.17) is 0 Å². The van der Waals surface area contributed by atoms with Gasteiger partial charge in [-0.15, -0.1) is 0 Å². The normalized spacial score (nSPS) is 22.3. The minimum Gasteiger partial charge on any atom is -0.310 e. The molecule has 9 heteroatoms. The summed E-state index contributed by atoms with van der Waals surface area (Å²) in [5, 5.41) is 0. The first-order valence-electron chi connectivity index (χ1n) is 12.3. The number of sulfonamides is 1. The number of hydrogen-bond donors (Lipinski definition) is 0. The molecule has 186 valence electrons. The molecule has 0 spiro atoms. The number of rotatable bonds is 4. The molecule has 0 aromatic heterocycles. The molecule has 5 rings (SSSR count). The molecule has 0 saturated carbocycles. The molecule has 2 atom stereocenters. The highest BCUT2D eigenvalue weighted by atomic mass is 79.9. The number of halogens is 1. The number of piperidine rings is 1. The summed E-state index contributed by atoms with van der Waals surface area (Å²) in [6.45, 7) is 4.82. The lowest BCUT2D eigenvalue weighted by molar-refractivity contribution is -0.123. The summed E-state index contributed by atoms with van der Waals surface area (Å²) in [5.41, 5.74) is 3.44. The quantitative estimate of drug-likeness (QED) is 0.564. The van der Waals surface area contributed by atoms with Crippen LogP contribution in [0.4, 0.5) is 11.4 Å². The van der Waals surface area contributed by atoms with Gasteiger partial charge in [0.1, 0.15) is 4.90 Å². The van der Waals surface area contributed by atoms with Crippen molar-refractivity contribution in [3.05, 3.63) is 52.0 Å². The molecule has 3 heterocycles. The first kappa shape index (κ1) is 24.5. The Bertz CT molecular complexity index is 1300. The Morgan fingerprint density at radius 2 is 1.89 bits per heavy atom. The minimum atomic E-state index is -3.91. The van der Waals surface area contributed by atoms with Gasteiger partial charge in [0.25, 0.3) is 0 Å². The lowest BCUT2D eigenvalue weighted by atomic mass is 9.97. The summed E-state index contributed by atoms with van der Waals surface area (Å²) in [4.78, 5) is 29.8. The zero-order valence-electron chi connectivity index (χ0n) is 20.0. The van der Waals surface area contributed by atoms with Crippen molar-refractivity contribution < 1.29 is 18.0 Å². The second-order valence-electron chi connectivity index (χ2n) is 9.65. The Kier molecular flexibility index (Phi) is 6.52. The molecule has 3 aliphatic heterocycles. The van der Waals surface area contributed by atoms with Crippen LogP contribution in [0, 0.1) is 5.92 Å². The molecule has 1 saturated heterocycles. The van der Waals surface area contributed by atoms with Gasteiger partial charge in [-0.3, -0.25) is 9.59 Å². The lowest BCUT2D eigenvalue weighted by Crippen LogP contribution is -2.48. The van der Waals surface area contributed by atoms with E-state index in [0.29, 0.717) is 48.9 Å². The van der Waals surface area contributed by atoms with Crippen LogP contribution in [-0.4, -0.2) is 50.2 Å². The second kappa shape index (κ2) is 9.33. The van der Waals surface area contributed by atoms with E-state index in [-0.39, 0.29) is 29.3 Å². The fourth-order valence-corrected chi connectivity index (χ4v) is 8.15. The topological polar surface area (TPSA) is 78.0 Å². The Hall–Kier alpha value is -2.23. The van der Waals surface area contributed by atoms with Crippen LogP contribution in [0.15, 0.2) is 45.8 Å². The summed E-state index contributed by atoms with van der Waals surface area (Å²) < 4.78 is 30.0. The maximum Gasteiger partial charge on any atom is 0.245 e. The van der Waals surface area contributed by atoms with Crippen molar-refractivity contribution in [1.82, 2.24) is 4.31 Å². The summed E-state index contributed by atoms with van der Waals surface area (Å²) in [5.74, 6) is -0.499. The van der Waals surface area contributed by atoms with E-state index < -0.39 is 15.9 Å². The van der Waals surface area contributed by atoms with Crippen molar-refractivity contribution in [3.8, 4) is 0 Å². The zero-order valence-corrected chi connectivity index (χ0v) is 22.4. The Labute approximate surface area is 215 Å². The first-order chi connectivity index (χ1) is 16.7. The Morgan fingerprint density at radius 1 is 1.11 bits per heavy atom. The van der Waals surface area contributed by atoms with Crippen LogP contribution in [0.2, 0.25) is 0 Å². The van der Waals surface area contributed by atoms with Crippen LogP contribution in [0.1, 0.15) is 44.2 Å². The standard InChI is InChI=1S/C26H30BrN3O4S/c1-3-24(31)29-12-10-19-14-21(27)15-23(25(19)29)35(33,34)28-11-6-8-20(16-28)26(32)30-17(2)13-18-7-4-5-9-22(18)30/h4-5,7,9,14-15,17,20H,3,6,8,10-13,16H2,1-2H3/t17-,20-/m0/s1. The van der Waals surface area contributed by atoms with Crippen LogP contribution in [0.5, 0.6) is 0 Å². The van der Waals surface area contributed by atoms with Crippen LogP contribution >= 0.6 is 15.9 Å². The van der Waals surface area contributed by atoms with Gasteiger partial charge in [0, 0.05) is 42.3 Å². The van der Waals surface area contributed by atoms with E-state index in [1.807, 2.05) is 42.2 Å². The number of benzene rings is 2. The van der Waals surface area contributed by atoms with Crippen molar-refractivity contribution in [2.45, 2.75) is 56.9 Å². The number of carbonyl (C=O) groups is 2. The number of amides is 2.